The van der Waals surface area contributed by atoms with Crippen LogP contribution < -0.4 is 5.90 Å². The molecule has 0 heterocycles. The van der Waals surface area contributed by atoms with Gasteiger partial charge >= 0.3 is 5.97 Å². The van der Waals surface area contributed by atoms with Crippen molar-refractivity contribution in [1.82, 2.24) is 4.90 Å². The van der Waals surface area contributed by atoms with E-state index < -0.39 is 0 Å². The first-order valence-corrected chi connectivity index (χ1v) is 4.92. The first kappa shape index (κ1) is 16.5. The molecule has 0 fully saturated rings. The van der Waals surface area contributed by atoms with Crippen molar-refractivity contribution in [2.45, 2.75) is 33.9 Å². The minimum Gasteiger partial charge on any atom is -0.637 e. The fourth-order valence-electron chi connectivity index (χ4n) is 1.07. The van der Waals surface area contributed by atoms with Gasteiger partial charge in [0.25, 0.3) is 0 Å². The van der Waals surface area contributed by atoms with E-state index in [1.165, 1.54) is 0 Å². The number of carbonyl (C=O) groups excluding carboxylic acids is 1. The molecule has 0 aromatic heterocycles. The predicted molar refractivity (Wildman–Crippen MR) is 59.5 cm³/mol. The van der Waals surface area contributed by atoms with Crippen molar-refractivity contribution >= 4 is 5.97 Å². The Morgan fingerprint density at radius 1 is 1.47 bits per heavy atom. The van der Waals surface area contributed by atoms with Crippen LogP contribution in [0.25, 0.3) is 0 Å². The quantitative estimate of drug-likeness (QED) is 0.316. The van der Waals surface area contributed by atoms with Crippen LogP contribution in [0.15, 0.2) is 12.2 Å². The summed E-state index contributed by atoms with van der Waals surface area (Å²) in [6.45, 7) is 12.9. The smallest absolute Gasteiger partial charge is 0.334 e. The van der Waals surface area contributed by atoms with Crippen LogP contribution in [0.5, 0.6) is 0 Å². The third-order valence-electron chi connectivity index (χ3n) is 1.95. The molecule has 0 aromatic rings. The largest absolute Gasteiger partial charge is 0.637 e. The fourth-order valence-corrected chi connectivity index (χ4v) is 1.07. The van der Waals surface area contributed by atoms with Gasteiger partial charge in [0.2, 0.25) is 0 Å². The first-order valence-electron chi connectivity index (χ1n) is 4.92. The molecule has 0 aliphatic heterocycles. The molecule has 0 rings (SSSR count). The summed E-state index contributed by atoms with van der Waals surface area (Å²) >= 11 is 0. The Labute approximate surface area is 91.5 Å². The van der Waals surface area contributed by atoms with Gasteiger partial charge in [0.1, 0.15) is 0 Å². The lowest BCUT2D eigenvalue weighted by Crippen LogP contribution is -2.37. The number of esters is 1. The molecule has 90 valence electrons. The average Bonchev–Trinajstić information content (AvgIpc) is 2.22. The Balaban J connectivity index is 0. The Bertz CT molecular complexity index is 191. The number of nitrogens with zero attached hydrogens (tertiary/aromatic N) is 1. The van der Waals surface area contributed by atoms with Gasteiger partial charge in [-0.3, -0.25) is 4.90 Å². The summed E-state index contributed by atoms with van der Waals surface area (Å²) in [6, 6.07) is 0. The summed E-state index contributed by atoms with van der Waals surface area (Å²) < 4.78 is 5.14. The zero-order valence-electron chi connectivity index (χ0n) is 10.1. The van der Waals surface area contributed by atoms with Crippen molar-refractivity contribution in [3.05, 3.63) is 17.4 Å². The van der Waals surface area contributed by atoms with Crippen LogP contribution in [0.2, 0.25) is 0 Å². The van der Waals surface area contributed by atoms with Gasteiger partial charge in [0.05, 0.1) is 0 Å². The van der Waals surface area contributed by atoms with Gasteiger partial charge in [-0.1, -0.05) is 20.4 Å². The van der Waals surface area contributed by atoms with E-state index in [4.69, 9.17) is 9.94 Å². The Kier molecular flexibility index (Phi) is 10.6. The second-order valence-corrected chi connectivity index (χ2v) is 3.01. The van der Waals surface area contributed by atoms with E-state index in [1.807, 2.05) is 26.7 Å². The zero-order valence-corrected chi connectivity index (χ0v) is 10.1. The van der Waals surface area contributed by atoms with Crippen LogP contribution >= 0.6 is 0 Å². The van der Waals surface area contributed by atoms with Crippen molar-refractivity contribution in [2.75, 3.05) is 13.1 Å². The summed E-state index contributed by atoms with van der Waals surface area (Å²) in [5, 5.41) is 8.00. The maximum atomic E-state index is 11.1. The highest BCUT2D eigenvalue weighted by molar-refractivity contribution is 5.87. The molecule has 0 aliphatic rings. The minimum absolute atomic E-state index is 0.167. The highest BCUT2D eigenvalue weighted by Crippen LogP contribution is 2.03. The molecule has 3 N–H and O–H groups in total. The number of rotatable bonds is 5. The highest BCUT2D eigenvalue weighted by atomic mass is 16.6. The van der Waals surface area contributed by atoms with Crippen LogP contribution in [0.1, 0.15) is 27.7 Å². The lowest BCUT2D eigenvalue weighted by atomic mass is 10.3. The van der Waals surface area contributed by atoms with Crippen LogP contribution in [0.4, 0.5) is 0 Å². The number of quaternary nitrogens is 1. The number of hydrogen-bond donors (Lipinski definition) is 1. The van der Waals surface area contributed by atoms with Crippen LogP contribution in [-0.2, 0) is 9.53 Å². The number of hydrogen-bond acceptors (Lipinski definition) is 4. The van der Waals surface area contributed by atoms with E-state index in [1.54, 1.807) is 6.92 Å². The molecule has 0 saturated carbocycles. The maximum Gasteiger partial charge on any atom is 0.334 e. The van der Waals surface area contributed by atoms with Crippen molar-refractivity contribution in [2.24, 2.45) is 0 Å². The van der Waals surface area contributed by atoms with Crippen molar-refractivity contribution < 1.29 is 15.4 Å². The monoisotopic (exact) mass is 218 g/mol. The lowest BCUT2D eigenvalue weighted by molar-refractivity contribution is -0.275. The lowest BCUT2D eigenvalue weighted by Gasteiger charge is -2.25. The summed E-state index contributed by atoms with van der Waals surface area (Å²) in [5.74, 6) is 1.68. The molecule has 0 radical (unpaired) electrons. The van der Waals surface area contributed by atoms with Crippen molar-refractivity contribution in [3.8, 4) is 0 Å². The van der Waals surface area contributed by atoms with Crippen LogP contribution in [0, 0.1) is 5.21 Å². The van der Waals surface area contributed by atoms with Crippen molar-refractivity contribution in [1.29, 1.82) is 0 Å². The van der Waals surface area contributed by atoms with E-state index in [9.17, 15) is 4.79 Å². The van der Waals surface area contributed by atoms with Crippen LogP contribution in [-0.4, -0.2) is 30.2 Å². The fraction of sp³-hybridized carbons (Fsp3) is 0.700. The standard InChI is InChI=1S/C10H19NO2.H3NO/c1-6-11(7-2)9(5)13-10(12)8(3)4;1-2/h9H,3,6-7H2,1-2,4-5H3;1H3. The normalized spacial score (nSPS) is 11.4. The molecule has 0 saturated heterocycles. The zero-order chi connectivity index (χ0) is 12.4. The topological polar surface area (TPSA) is 80.2 Å². The molecular formula is C10H22N2O3. The summed E-state index contributed by atoms with van der Waals surface area (Å²) in [6.07, 6.45) is -0.167. The predicted octanol–water partition coefficient (Wildman–Crippen LogP) is 0.520. The molecule has 0 aliphatic carbocycles. The van der Waals surface area contributed by atoms with Gasteiger partial charge in [-0.05, 0) is 26.9 Å². The van der Waals surface area contributed by atoms with E-state index in [0.717, 1.165) is 13.1 Å². The number of carbonyl (C=O) groups is 1. The Morgan fingerprint density at radius 3 is 2.13 bits per heavy atom. The minimum atomic E-state index is -0.320. The van der Waals surface area contributed by atoms with E-state index in [0.29, 0.717) is 5.57 Å². The highest BCUT2D eigenvalue weighted by Gasteiger charge is 2.14. The second kappa shape index (κ2) is 9.64. The molecule has 1 atom stereocenters. The molecule has 0 spiro atoms. The molecule has 0 aromatic carbocycles. The summed E-state index contributed by atoms with van der Waals surface area (Å²) in [7, 11) is 0. The summed E-state index contributed by atoms with van der Waals surface area (Å²) in [5.41, 5.74) is 0.444. The van der Waals surface area contributed by atoms with Gasteiger partial charge in [0, 0.05) is 5.57 Å². The molecule has 5 heteroatoms. The molecular weight excluding hydrogens is 196 g/mol. The van der Waals surface area contributed by atoms with E-state index >= 15 is 0 Å². The van der Waals surface area contributed by atoms with Gasteiger partial charge < -0.3 is 15.8 Å². The SMILES string of the molecule is C=C(C)C(=O)OC(C)N(CC)CC.[NH3+][O-]. The van der Waals surface area contributed by atoms with Gasteiger partial charge in [-0.15, -0.1) is 0 Å². The van der Waals surface area contributed by atoms with Gasteiger partial charge in [-0.2, -0.15) is 0 Å². The van der Waals surface area contributed by atoms with Crippen LogP contribution in [0.3, 0.4) is 0 Å². The molecule has 15 heavy (non-hydrogen) atoms. The third-order valence-corrected chi connectivity index (χ3v) is 1.95. The van der Waals surface area contributed by atoms with Crippen molar-refractivity contribution in [3.63, 3.8) is 0 Å². The average molecular weight is 218 g/mol. The second-order valence-electron chi connectivity index (χ2n) is 3.01. The van der Waals surface area contributed by atoms with E-state index in [-0.39, 0.29) is 12.2 Å². The van der Waals surface area contributed by atoms with Gasteiger partial charge in [-0.25, -0.2) is 4.79 Å². The molecule has 0 amide bonds. The summed E-state index contributed by atoms with van der Waals surface area (Å²) in [4.78, 5) is 13.2. The Hall–Kier alpha value is -0.910. The molecule has 1 unspecified atom stereocenters. The number of ether oxygens (including phenoxy) is 1. The maximum absolute atomic E-state index is 11.1. The molecule has 5 nitrogen and oxygen atoms in total. The first-order chi connectivity index (χ1) is 7.02. The third kappa shape index (κ3) is 7.07. The van der Waals surface area contributed by atoms with Gasteiger partial charge in [0.15, 0.2) is 6.23 Å². The molecule has 0 bridgehead atoms. The Morgan fingerprint density at radius 2 is 1.87 bits per heavy atom. The van der Waals surface area contributed by atoms with E-state index in [2.05, 4.69) is 11.5 Å².